The lowest BCUT2D eigenvalue weighted by atomic mass is 10.1. The Kier molecular flexibility index (Phi) is 13.4. The Morgan fingerprint density at radius 3 is 1.29 bits per heavy atom. The maximum absolute atomic E-state index is 13.1. The van der Waals surface area contributed by atoms with Crippen molar-refractivity contribution >= 4 is 35.1 Å². The maximum atomic E-state index is 13.1. The number of ether oxygens (including phenoxy) is 7. The van der Waals surface area contributed by atoms with Gasteiger partial charge in [0.25, 0.3) is 11.8 Å². The molecule has 0 saturated heterocycles. The first-order valence-corrected chi connectivity index (χ1v) is 18.5. The number of aromatic hydroxyl groups is 2. The van der Waals surface area contributed by atoms with Crippen LogP contribution in [0.25, 0.3) is 11.1 Å². The van der Waals surface area contributed by atoms with Gasteiger partial charge >= 0.3 is 11.9 Å². The van der Waals surface area contributed by atoms with Gasteiger partial charge in [0.1, 0.15) is 28.7 Å². The summed E-state index contributed by atoms with van der Waals surface area (Å²) in [7, 11) is 6.78. The topological polar surface area (TPSA) is 218 Å². The van der Waals surface area contributed by atoms with Crippen LogP contribution in [0.15, 0.2) is 109 Å². The monoisotopic (exact) mass is 844 g/mol. The lowest BCUT2D eigenvalue weighted by Gasteiger charge is -2.14. The van der Waals surface area contributed by atoms with Crippen LogP contribution in [0.2, 0.25) is 0 Å². The number of anilines is 2. The van der Waals surface area contributed by atoms with Gasteiger partial charge in [-0.25, -0.2) is 9.59 Å². The minimum atomic E-state index is -0.700. The lowest BCUT2D eigenvalue weighted by Crippen LogP contribution is -2.16. The molecule has 5 N–H and O–H groups in total. The Morgan fingerprint density at radius 2 is 0.871 bits per heavy atom. The fraction of sp³-hybridized carbons (Fsp3) is 0.130. The summed E-state index contributed by atoms with van der Waals surface area (Å²) in [6.07, 6.45) is 0. The van der Waals surface area contributed by atoms with Crippen molar-refractivity contribution in [3.05, 3.63) is 137 Å². The zero-order valence-electron chi connectivity index (χ0n) is 33.9. The van der Waals surface area contributed by atoms with Gasteiger partial charge in [0.2, 0.25) is 0 Å². The molecule has 62 heavy (non-hydrogen) atoms. The van der Waals surface area contributed by atoms with Crippen molar-refractivity contribution in [2.24, 2.45) is 0 Å². The molecular formula is C46H40N2O14. The van der Waals surface area contributed by atoms with E-state index in [4.69, 9.17) is 33.2 Å². The van der Waals surface area contributed by atoms with E-state index in [0.29, 0.717) is 0 Å². The van der Waals surface area contributed by atoms with Gasteiger partial charge in [0, 0.05) is 35.5 Å². The highest BCUT2D eigenvalue weighted by atomic mass is 16.5. The van der Waals surface area contributed by atoms with Crippen LogP contribution in [-0.2, 0) is 6.61 Å². The van der Waals surface area contributed by atoms with E-state index >= 15 is 0 Å². The number of nitrogens with one attached hydrogen (secondary N) is 2. The SMILES string of the molecule is COc1cc(C(=O)Nc2ccc(C(=O)Oc3ccc(-c4ccc(OC(=O)c5ccc(NC(=O)c6cc(OC)c(O)cc6OC)c(OC)c5)cc4)cc3)cc2CO)c(OC)cc1O. The van der Waals surface area contributed by atoms with Crippen molar-refractivity contribution in [2.45, 2.75) is 6.61 Å². The van der Waals surface area contributed by atoms with Gasteiger partial charge in [0.15, 0.2) is 23.0 Å². The summed E-state index contributed by atoms with van der Waals surface area (Å²) in [6, 6.07) is 27.3. The van der Waals surface area contributed by atoms with Crippen LogP contribution in [-0.4, -0.2) is 74.6 Å². The van der Waals surface area contributed by atoms with Gasteiger partial charge in [0.05, 0.1) is 70.1 Å². The van der Waals surface area contributed by atoms with Crippen LogP contribution in [0.1, 0.15) is 47.0 Å². The molecule has 0 spiro atoms. The molecule has 0 fully saturated rings. The summed E-state index contributed by atoms with van der Waals surface area (Å²) < 4.78 is 37.3. The number of hydrogen-bond donors (Lipinski definition) is 5. The van der Waals surface area contributed by atoms with Crippen LogP contribution in [0.4, 0.5) is 11.4 Å². The number of esters is 2. The zero-order chi connectivity index (χ0) is 44.5. The minimum absolute atomic E-state index is 0.0626. The van der Waals surface area contributed by atoms with E-state index < -0.39 is 30.4 Å². The number of aliphatic hydroxyl groups excluding tert-OH is 1. The third-order valence-electron chi connectivity index (χ3n) is 9.40. The average Bonchev–Trinajstić information content (AvgIpc) is 3.29. The van der Waals surface area contributed by atoms with E-state index in [1.54, 1.807) is 48.5 Å². The highest BCUT2D eigenvalue weighted by Gasteiger charge is 2.22. The fourth-order valence-electron chi connectivity index (χ4n) is 6.16. The highest BCUT2D eigenvalue weighted by Crippen LogP contribution is 2.36. The van der Waals surface area contributed by atoms with Crippen molar-refractivity contribution in [1.82, 2.24) is 0 Å². The summed E-state index contributed by atoms with van der Waals surface area (Å²) in [5.41, 5.74) is 2.74. The Balaban J connectivity index is 1.06. The summed E-state index contributed by atoms with van der Waals surface area (Å²) in [6.45, 7) is -0.500. The van der Waals surface area contributed by atoms with Crippen LogP contribution in [0, 0.1) is 0 Å². The summed E-state index contributed by atoms with van der Waals surface area (Å²) >= 11 is 0. The number of benzene rings is 6. The molecule has 2 amide bonds. The van der Waals surface area contributed by atoms with E-state index in [1.165, 1.54) is 96.2 Å². The summed E-state index contributed by atoms with van der Waals surface area (Å²) in [4.78, 5) is 52.4. The van der Waals surface area contributed by atoms with Crippen LogP contribution < -0.4 is 43.8 Å². The molecule has 318 valence electrons. The fourth-order valence-corrected chi connectivity index (χ4v) is 6.16. The van der Waals surface area contributed by atoms with E-state index in [0.717, 1.165) is 11.1 Å². The summed E-state index contributed by atoms with van der Waals surface area (Å²) in [5, 5.41) is 35.5. The smallest absolute Gasteiger partial charge is 0.343 e. The molecule has 0 radical (unpaired) electrons. The van der Waals surface area contributed by atoms with Gasteiger partial charge in [-0.05, 0) is 71.8 Å². The van der Waals surface area contributed by atoms with Gasteiger partial charge in [-0.15, -0.1) is 0 Å². The molecule has 0 aliphatic carbocycles. The third-order valence-corrected chi connectivity index (χ3v) is 9.40. The molecule has 0 aromatic heterocycles. The molecule has 16 nitrogen and oxygen atoms in total. The number of hydrogen-bond acceptors (Lipinski definition) is 14. The predicted octanol–water partition coefficient (Wildman–Crippen LogP) is 7.24. The largest absolute Gasteiger partial charge is 0.504 e. The molecule has 0 aliphatic heterocycles. The Hall–Kier alpha value is -8.24. The molecule has 0 saturated carbocycles. The minimum Gasteiger partial charge on any atom is -0.504 e. The molecule has 0 aliphatic rings. The standard InChI is InChI=1S/C46H40N2O14/c1-56-38-22-36(50)41(59-4)20-32(38)43(52)47-34-16-10-27(18-29(34)24-49)45(54)61-30-12-6-25(7-13-30)26-8-14-31(15-9-26)62-46(55)28-11-17-35(40(19-28)58-3)48-44(53)33-21-42(60-5)37(51)23-39(33)57-2/h6-23,49-51H,24H2,1-5H3,(H,47,52)(H,48,53). The van der Waals surface area contributed by atoms with E-state index in [9.17, 15) is 34.5 Å². The van der Waals surface area contributed by atoms with Crippen molar-refractivity contribution in [3.8, 4) is 62.9 Å². The van der Waals surface area contributed by atoms with Crippen molar-refractivity contribution in [3.63, 3.8) is 0 Å². The number of phenols is 2. The number of carbonyl (C=O) groups is 4. The quantitative estimate of drug-likeness (QED) is 0.0509. The van der Waals surface area contributed by atoms with E-state index in [2.05, 4.69) is 10.6 Å². The van der Waals surface area contributed by atoms with Gasteiger partial charge < -0.3 is 59.1 Å². The predicted molar refractivity (Wildman–Crippen MR) is 225 cm³/mol. The molecular weight excluding hydrogens is 805 g/mol. The number of rotatable bonds is 15. The van der Waals surface area contributed by atoms with Gasteiger partial charge in [-0.2, -0.15) is 0 Å². The molecule has 0 unspecified atom stereocenters. The zero-order valence-corrected chi connectivity index (χ0v) is 33.9. The molecule has 6 rings (SSSR count). The van der Waals surface area contributed by atoms with Crippen molar-refractivity contribution < 1.29 is 67.7 Å². The molecule has 0 heterocycles. The first kappa shape index (κ1) is 43.3. The lowest BCUT2D eigenvalue weighted by molar-refractivity contribution is 0.0725. The van der Waals surface area contributed by atoms with Gasteiger partial charge in [-0.3, -0.25) is 9.59 Å². The van der Waals surface area contributed by atoms with Gasteiger partial charge in [-0.1, -0.05) is 24.3 Å². The van der Waals surface area contributed by atoms with Crippen LogP contribution in [0.5, 0.6) is 51.7 Å². The second-order valence-corrected chi connectivity index (χ2v) is 13.1. The molecule has 6 aromatic rings. The number of methoxy groups -OCH3 is 5. The van der Waals surface area contributed by atoms with E-state index in [1.807, 2.05) is 0 Å². The molecule has 16 heteroatoms. The molecule has 6 aromatic carbocycles. The maximum Gasteiger partial charge on any atom is 0.343 e. The Morgan fingerprint density at radius 1 is 0.468 bits per heavy atom. The second kappa shape index (κ2) is 19.2. The first-order valence-electron chi connectivity index (χ1n) is 18.5. The summed E-state index contributed by atoms with van der Waals surface area (Å²) in [5.74, 6) is -1.91. The van der Waals surface area contributed by atoms with Crippen LogP contribution in [0.3, 0.4) is 0 Å². The number of phenolic OH excluding ortho intramolecular Hbond substituents is 2. The highest BCUT2D eigenvalue weighted by molar-refractivity contribution is 6.08. The van der Waals surface area contributed by atoms with Crippen molar-refractivity contribution in [1.29, 1.82) is 0 Å². The van der Waals surface area contributed by atoms with Crippen molar-refractivity contribution in [2.75, 3.05) is 46.2 Å². The van der Waals surface area contributed by atoms with Crippen LogP contribution >= 0.6 is 0 Å². The number of aliphatic hydroxyl groups is 1. The third kappa shape index (κ3) is 9.62. The normalized spacial score (nSPS) is 10.5. The first-order chi connectivity index (χ1) is 29.9. The average molecular weight is 845 g/mol. The molecule has 0 atom stereocenters. The second-order valence-electron chi connectivity index (χ2n) is 13.1. The Bertz CT molecular complexity index is 2460. The van der Waals surface area contributed by atoms with E-state index in [-0.39, 0.29) is 90.9 Å². The Labute approximate surface area is 354 Å². The number of amides is 2. The molecule has 0 bridgehead atoms. The number of carbonyl (C=O) groups excluding carboxylic acids is 4.